The number of nitrogens with zero attached hydrogens (tertiary/aromatic N) is 1. The second-order valence-electron chi connectivity index (χ2n) is 10.4. The molecule has 5 rings (SSSR count). The van der Waals surface area contributed by atoms with Crippen LogP contribution in [0.4, 0.5) is 0 Å². The average molecular weight is 550 g/mol. The maximum atomic E-state index is 13.5. The summed E-state index contributed by atoms with van der Waals surface area (Å²) in [6.07, 6.45) is 4.18. The minimum Gasteiger partial charge on any atom is -0.490 e. The van der Waals surface area contributed by atoms with Gasteiger partial charge in [-0.1, -0.05) is 41.4 Å². The molecule has 2 aromatic rings. The van der Waals surface area contributed by atoms with Gasteiger partial charge in [-0.3, -0.25) is 9.59 Å². The first kappa shape index (κ1) is 27.5. The Morgan fingerprint density at radius 1 is 0.949 bits per heavy atom. The summed E-state index contributed by atoms with van der Waals surface area (Å²) in [4.78, 5) is 29.2. The number of aryl methyl sites for hydroxylation is 1. The molecule has 0 fully saturated rings. The van der Waals surface area contributed by atoms with Crippen LogP contribution in [0.25, 0.3) is 0 Å². The van der Waals surface area contributed by atoms with Gasteiger partial charge >= 0.3 is 0 Å². The fraction of sp³-hybridized carbons (Fsp3) is 0.438. The van der Waals surface area contributed by atoms with Gasteiger partial charge in [0.15, 0.2) is 23.1 Å². The Morgan fingerprint density at radius 3 is 2.26 bits per heavy atom. The molecule has 1 aliphatic heterocycles. The molecular formula is C32H36ClNO5. The van der Waals surface area contributed by atoms with E-state index in [0.29, 0.717) is 55.7 Å². The number of carbonyl (C=O) groups excluding carboxylic acids is 2. The lowest BCUT2D eigenvalue weighted by atomic mass is 9.71. The number of rotatable bonds is 9. The third-order valence-electron chi connectivity index (χ3n) is 7.74. The number of ether oxygens (including phenoxy) is 3. The number of benzene rings is 2. The zero-order valence-corrected chi connectivity index (χ0v) is 23.7. The topological polar surface area (TPSA) is 65.1 Å². The number of Topliss-reactive ketones (excluding diaryl/α,β-unsaturated/α-hetero) is 2. The van der Waals surface area contributed by atoms with Crippen LogP contribution in [-0.2, 0) is 20.9 Å². The number of halogens is 1. The molecule has 2 aliphatic carbocycles. The van der Waals surface area contributed by atoms with E-state index in [2.05, 4.69) is 11.0 Å². The largest absolute Gasteiger partial charge is 0.490 e. The summed E-state index contributed by atoms with van der Waals surface area (Å²) in [6, 6.07) is 11.9. The van der Waals surface area contributed by atoms with Crippen LogP contribution in [0.3, 0.4) is 0 Å². The molecule has 0 spiro atoms. The van der Waals surface area contributed by atoms with Crippen molar-refractivity contribution in [3.05, 3.63) is 80.7 Å². The predicted octanol–water partition coefficient (Wildman–Crippen LogP) is 6.69. The number of methoxy groups -OCH3 is 1. The van der Waals surface area contributed by atoms with E-state index in [-0.39, 0.29) is 11.6 Å². The molecule has 206 valence electrons. The van der Waals surface area contributed by atoms with Gasteiger partial charge < -0.3 is 19.1 Å². The van der Waals surface area contributed by atoms with Gasteiger partial charge in [0, 0.05) is 55.0 Å². The fourth-order valence-corrected chi connectivity index (χ4v) is 6.39. The average Bonchev–Trinajstić information content (AvgIpc) is 2.91. The van der Waals surface area contributed by atoms with Crippen LogP contribution in [0.2, 0.25) is 5.02 Å². The molecule has 0 atom stereocenters. The van der Waals surface area contributed by atoms with Gasteiger partial charge in [0.25, 0.3) is 0 Å². The predicted molar refractivity (Wildman–Crippen MR) is 151 cm³/mol. The summed E-state index contributed by atoms with van der Waals surface area (Å²) in [7, 11) is 1.68. The van der Waals surface area contributed by atoms with E-state index in [0.717, 1.165) is 64.9 Å². The minimum atomic E-state index is -0.461. The van der Waals surface area contributed by atoms with Gasteiger partial charge in [0.1, 0.15) is 6.61 Å². The molecule has 0 saturated carbocycles. The van der Waals surface area contributed by atoms with E-state index < -0.39 is 5.92 Å². The van der Waals surface area contributed by atoms with Crippen LogP contribution in [0.15, 0.2) is 58.9 Å². The molecule has 0 radical (unpaired) electrons. The van der Waals surface area contributed by atoms with Crippen LogP contribution in [-0.4, -0.2) is 43.3 Å². The van der Waals surface area contributed by atoms with Crippen molar-refractivity contribution in [3.8, 4) is 11.5 Å². The first-order chi connectivity index (χ1) is 18.9. The molecule has 0 unspecified atom stereocenters. The quantitative estimate of drug-likeness (QED) is 0.347. The number of allylic oxidation sites excluding steroid dienone is 4. The second kappa shape index (κ2) is 12.0. The fourth-order valence-electron chi connectivity index (χ4n) is 6.12. The molecule has 0 aromatic heterocycles. The first-order valence-electron chi connectivity index (χ1n) is 13.9. The summed E-state index contributed by atoms with van der Waals surface area (Å²) in [5, 5.41) is 0.404. The highest BCUT2D eigenvalue weighted by Gasteiger charge is 2.43. The third kappa shape index (κ3) is 5.50. The SMILES string of the molecule is CCOc1cc(C2C3=C(CCCC3=O)N(CCOC)C3=C2C(=O)CCC3)cc(Cl)c1OCc1cccc(C)c1. The normalized spacial score (nSPS) is 17.9. The first-order valence-corrected chi connectivity index (χ1v) is 14.2. The molecule has 6 nitrogen and oxygen atoms in total. The van der Waals surface area contributed by atoms with Crippen LogP contribution < -0.4 is 9.47 Å². The summed E-state index contributed by atoms with van der Waals surface area (Å²) in [5.41, 5.74) is 6.47. The molecule has 39 heavy (non-hydrogen) atoms. The van der Waals surface area contributed by atoms with Crippen molar-refractivity contribution in [2.24, 2.45) is 0 Å². The van der Waals surface area contributed by atoms with Crippen molar-refractivity contribution in [1.29, 1.82) is 0 Å². The smallest absolute Gasteiger partial charge is 0.180 e. The molecule has 2 aromatic carbocycles. The molecule has 7 heteroatoms. The van der Waals surface area contributed by atoms with E-state index >= 15 is 0 Å². The minimum absolute atomic E-state index is 0.0995. The highest BCUT2D eigenvalue weighted by molar-refractivity contribution is 6.32. The van der Waals surface area contributed by atoms with Crippen molar-refractivity contribution in [3.63, 3.8) is 0 Å². The lowest BCUT2D eigenvalue weighted by Gasteiger charge is -2.44. The lowest BCUT2D eigenvalue weighted by Crippen LogP contribution is -2.40. The number of hydrogen-bond donors (Lipinski definition) is 0. The Labute approximate surface area is 235 Å². The monoisotopic (exact) mass is 549 g/mol. The Bertz CT molecular complexity index is 1300. The van der Waals surface area contributed by atoms with E-state index in [1.54, 1.807) is 7.11 Å². The summed E-state index contributed by atoms with van der Waals surface area (Å²) >= 11 is 6.87. The van der Waals surface area contributed by atoms with Gasteiger partial charge in [-0.25, -0.2) is 0 Å². The zero-order valence-electron chi connectivity index (χ0n) is 23.0. The molecule has 0 amide bonds. The Morgan fingerprint density at radius 2 is 1.64 bits per heavy atom. The van der Waals surface area contributed by atoms with E-state index in [1.165, 1.54) is 0 Å². The van der Waals surface area contributed by atoms with Gasteiger partial charge in [0.2, 0.25) is 0 Å². The summed E-state index contributed by atoms with van der Waals surface area (Å²) in [6.45, 7) is 5.88. The zero-order chi connectivity index (χ0) is 27.5. The highest BCUT2D eigenvalue weighted by Crippen LogP contribution is 2.51. The molecule has 0 bridgehead atoms. The Hall–Kier alpha value is -3.09. The Balaban J connectivity index is 1.60. The second-order valence-corrected chi connectivity index (χ2v) is 10.8. The molecule has 0 N–H and O–H groups in total. The van der Waals surface area contributed by atoms with Crippen molar-refractivity contribution >= 4 is 23.2 Å². The van der Waals surface area contributed by atoms with Gasteiger partial charge in [-0.2, -0.15) is 0 Å². The van der Waals surface area contributed by atoms with Gasteiger partial charge in [-0.05, 0) is 62.8 Å². The number of ketones is 2. The highest BCUT2D eigenvalue weighted by atomic mass is 35.5. The van der Waals surface area contributed by atoms with E-state index in [9.17, 15) is 9.59 Å². The summed E-state index contributed by atoms with van der Waals surface area (Å²) in [5.74, 6) is 0.724. The molecule has 3 aliphatic rings. The maximum absolute atomic E-state index is 13.5. The van der Waals surface area contributed by atoms with Crippen LogP contribution in [0, 0.1) is 6.92 Å². The third-order valence-corrected chi connectivity index (χ3v) is 8.02. The lowest BCUT2D eigenvalue weighted by molar-refractivity contribution is -0.117. The standard InChI is InChI=1S/C32H36ClNO5/c1-4-38-28-18-22(17-23(33)32(28)39-19-21-9-5-8-20(2)16-21)29-30-24(10-6-12-26(30)35)34(14-15-37-3)25-11-7-13-27(36)31(25)29/h5,8-9,16-18,29H,4,6-7,10-15,19H2,1-3H3. The van der Waals surface area contributed by atoms with Crippen molar-refractivity contribution in [2.75, 3.05) is 26.9 Å². The van der Waals surface area contributed by atoms with Crippen molar-refractivity contribution < 1.29 is 23.8 Å². The number of hydrogen-bond acceptors (Lipinski definition) is 6. The van der Waals surface area contributed by atoms with Crippen molar-refractivity contribution in [2.45, 2.75) is 64.9 Å². The summed E-state index contributed by atoms with van der Waals surface area (Å²) < 4.78 is 17.6. The van der Waals surface area contributed by atoms with Gasteiger partial charge in [0.05, 0.1) is 18.2 Å². The van der Waals surface area contributed by atoms with Crippen molar-refractivity contribution in [1.82, 2.24) is 4.90 Å². The van der Waals surface area contributed by atoms with Gasteiger partial charge in [-0.15, -0.1) is 0 Å². The van der Waals surface area contributed by atoms with E-state index in [4.69, 9.17) is 25.8 Å². The molecule has 1 heterocycles. The maximum Gasteiger partial charge on any atom is 0.180 e. The molecular weight excluding hydrogens is 514 g/mol. The van der Waals surface area contributed by atoms with Crippen LogP contribution >= 0.6 is 11.6 Å². The number of carbonyl (C=O) groups is 2. The van der Waals surface area contributed by atoms with Crippen LogP contribution in [0.5, 0.6) is 11.5 Å². The Kier molecular flexibility index (Phi) is 8.43. The van der Waals surface area contributed by atoms with Crippen LogP contribution in [0.1, 0.15) is 68.1 Å². The molecule has 0 saturated heterocycles. The van der Waals surface area contributed by atoms with E-state index in [1.807, 2.05) is 44.2 Å².